The molecule has 0 bridgehead atoms. The summed E-state index contributed by atoms with van der Waals surface area (Å²) in [4.78, 5) is 2.56. The van der Waals surface area contributed by atoms with Gasteiger partial charge in [-0.3, -0.25) is 4.90 Å². The van der Waals surface area contributed by atoms with Crippen LogP contribution < -0.4 is 5.73 Å². The van der Waals surface area contributed by atoms with Crippen LogP contribution in [0.3, 0.4) is 0 Å². The molecule has 0 aliphatic carbocycles. The first kappa shape index (κ1) is 14.4. The van der Waals surface area contributed by atoms with Crippen molar-refractivity contribution in [3.8, 4) is 0 Å². The monoisotopic (exact) mass is 328 g/mol. The van der Waals surface area contributed by atoms with E-state index < -0.39 is 0 Å². The second-order valence-corrected chi connectivity index (χ2v) is 7.08. The normalized spacial score (nSPS) is 24.8. The Morgan fingerprint density at radius 3 is 2.61 bits per heavy atom. The maximum atomic E-state index is 6.24. The largest absolute Gasteiger partial charge is 0.326 e. The Morgan fingerprint density at radius 2 is 2.06 bits per heavy atom. The molecule has 1 saturated heterocycles. The lowest BCUT2D eigenvalue weighted by molar-refractivity contribution is 0.143. The number of nitrogens with zero attached hydrogens (tertiary/aromatic N) is 1. The summed E-state index contributed by atoms with van der Waals surface area (Å²) in [5.74, 6) is 2.42. The van der Waals surface area contributed by atoms with Crippen molar-refractivity contribution in [3.63, 3.8) is 0 Å². The van der Waals surface area contributed by atoms with Crippen molar-refractivity contribution in [1.82, 2.24) is 4.90 Å². The summed E-state index contributed by atoms with van der Waals surface area (Å²) in [6.45, 7) is 5.55. The number of hydrogen-bond donors (Lipinski definition) is 1. The number of nitrogens with two attached hydrogens (primary N) is 1. The van der Waals surface area contributed by atoms with Crippen LogP contribution in [-0.4, -0.2) is 35.0 Å². The summed E-state index contributed by atoms with van der Waals surface area (Å²) in [7, 11) is 0. The van der Waals surface area contributed by atoms with Crippen LogP contribution in [0.15, 0.2) is 28.7 Å². The van der Waals surface area contributed by atoms with Crippen LogP contribution >= 0.6 is 27.7 Å². The number of rotatable bonds is 3. The molecule has 1 aliphatic heterocycles. The molecule has 1 fully saturated rings. The molecule has 1 aromatic rings. The molecular weight excluding hydrogens is 308 g/mol. The Bertz CT molecular complexity index is 380. The van der Waals surface area contributed by atoms with Gasteiger partial charge < -0.3 is 5.73 Å². The molecule has 2 nitrogen and oxygen atoms in total. The average molecular weight is 329 g/mol. The summed E-state index contributed by atoms with van der Waals surface area (Å²) in [6, 6.07) is 9.66. The second kappa shape index (κ2) is 6.42. The highest BCUT2D eigenvalue weighted by Crippen LogP contribution is 2.30. The minimum Gasteiger partial charge on any atom is -0.326 e. The molecule has 18 heavy (non-hydrogen) atoms. The fourth-order valence-corrected chi connectivity index (χ4v) is 3.91. The van der Waals surface area contributed by atoms with Crippen molar-refractivity contribution in [3.05, 3.63) is 34.3 Å². The summed E-state index contributed by atoms with van der Waals surface area (Å²) >= 11 is 5.53. The maximum Gasteiger partial charge on any atom is 0.0499 e. The van der Waals surface area contributed by atoms with E-state index in [1.807, 2.05) is 11.8 Å². The first-order valence-electron chi connectivity index (χ1n) is 6.44. The number of halogens is 1. The van der Waals surface area contributed by atoms with Gasteiger partial charge in [-0.1, -0.05) is 28.1 Å². The van der Waals surface area contributed by atoms with Gasteiger partial charge in [-0.15, -0.1) is 0 Å². The number of benzene rings is 1. The molecule has 0 spiro atoms. The third kappa shape index (κ3) is 3.29. The minimum absolute atomic E-state index is 0.150. The third-order valence-corrected chi connectivity index (χ3v) is 5.20. The van der Waals surface area contributed by atoms with Crippen molar-refractivity contribution < 1.29 is 0 Å². The first-order valence-corrected chi connectivity index (χ1v) is 8.39. The van der Waals surface area contributed by atoms with E-state index in [2.05, 4.69) is 58.9 Å². The van der Waals surface area contributed by atoms with E-state index in [1.165, 1.54) is 17.1 Å². The van der Waals surface area contributed by atoms with Gasteiger partial charge in [-0.25, -0.2) is 0 Å². The van der Waals surface area contributed by atoms with E-state index in [-0.39, 0.29) is 6.04 Å². The molecule has 0 amide bonds. The Morgan fingerprint density at radius 1 is 1.39 bits per heavy atom. The summed E-state index contributed by atoms with van der Waals surface area (Å²) in [6.07, 6.45) is 0. The van der Waals surface area contributed by atoms with Gasteiger partial charge in [0, 0.05) is 40.6 Å². The molecule has 0 radical (unpaired) electrons. The summed E-state index contributed by atoms with van der Waals surface area (Å²) < 4.78 is 1.12. The van der Waals surface area contributed by atoms with Crippen molar-refractivity contribution in [1.29, 1.82) is 0 Å². The standard InChI is InChI=1S/C14H21BrN2S/c1-10-9-18-8-7-17(10)14(11(2)16)12-3-5-13(15)6-4-12/h3-6,10-11,14H,7-9,16H2,1-2H3. The zero-order chi connectivity index (χ0) is 13.1. The van der Waals surface area contributed by atoms with Crippen LogP contribution in [0.2, 0.25) is 0 Å². The first-order chi connectivity index (χ1) is 8.59. The van der Waals surface area contributed by atoms with Crippen LogP contribution in [0.4, 0.5) is 0 Å². The van der Waals surface area contributed by atoms with Crippen molar-refractivity contribution in [2.45, 2.75) is 32.0 Å². The zero-order valence-electron chi connectivity index (χ0n) is 11.0. The molecule has 1 heterocycles. The van der Waals surface area contributed by atoms with Crippen LogP contribution in [-0.2, 0) is 0 Å². The van der Waals surface area contributed by atoms with Crippen LogP contribution in [0.1, 0.15) is 25.5 Å². The zero-order valence-corrected chi connectivity index (χ0v) is 13.4. The van der Waals surface area contributed by atoms with E-state index in [1.54, 1.807) is 0 Å². The number of thioether (sulfide) groups is 1. The van der Waals surface area contributed by atoms with Gasteiger partial charge in [0.25, 0.3) is 0 Å². The highest BCUT2D eigenvalue weighted by molar-refractivity contribution is 9.10. The molecule has 4 heteroatoms. The molecule has 3 atom stereocenters. The van der Waals surface area contributed by atoms with Gasteiger partial charge in [-0.05, 0) is 31.5 Å². The Balaban J connectivity index is 2.24. The van der Waals surface area contributed by atoms with E-state index in [0.29, 0.717) is 12.1 Å². The van der Waals surface area contributed by atoms with Gasteiger partial charge in [-0.2, -0.15) is 11.8 Å². The lowest BCUT2D eigenvalue weighted by Crippen LogP contribution is -2.48. The topological polar surface area (TPSA) is 29.3 Å². The van der Waals surface area contributed by atoms with Gasteiger partial charge >= 0.3 is 0 Å². The highest BCUT2D eigenvalue weighted by Gasteiger charge is 2.29. The molecule has 3 unspecified atom stereocenters. The lowest BCUT2D eigenvalue weighted by Gasteiger charge is -2.41. The second-order valence-electron chi connectivity index (χ2n) is 5.02. The smallest absolute Gasteiger partial charge is 0.0499 e. The fraction of sp³-hybridized carbons (Fsp3) is 0.571. The lowest BCUT2D eigenvalue weighted by atomic mass is 9.98. The predicted molar refractivity (Wildman–Crippen MR) is 84.0 cm³/mol. The molecule has 0 saturated carbocycles. The van der Waals surface area contributed by atoms with Crippen molar-refractivity contribution in [2.24, 2.45) is 5.73 Å². The third-order valence-electron chi connectivity index (χ3n) is 3.49. The van der Waals surface area contributed by atoms with E-state index >= 15 is 0 Å². The Labute approximate surface area is 122 Å². The minimum atomic E-state index is 0.150. The quantitative estimate of drug-likeness (QED) is 0.923. The fourth-order valence-electron chi connectivity index (χ4n) is 2.61. The molecule has 2 N–H and O–H groups in total. The molecular formula is C14H21BrN2S. The van der Waals surface area contributed by atoms with E-state index in [4.69, 9.17) is 5.73 Å². The highest BCUT2D eigenvalue weighted by atomic mass is 79.9. The SMILES string of the molecule is CC(N)C(c1ccc(Br)cc1)N1CCSCC1C. The van der Waals surface area contributed by atoms with Gasteiger partial charge in [0.15, 0.2) is 0 Å². The summed E-state index contributed by atoms with van der Waals surface area (Å²) in [5, 5.41) is 0. The molecule has 2 rings (SSSR count). The van der Waals surface area contributed by atoms with E-state index in [0.717, 1.165) is 11.0 Å². The maximum absolute atomic E-state index is 6.24. The van der Waals surface area contributed by atoms with Crippen LogP contribution in [0.5, 0.6) is 0 Å². The van der Waals surface area contributed by atoms with Crippen molar-refractivity contribution in [2.75, 3.05) is 18.1 Å². The van der Waals surface area contributed by atoms with Crippen LogP contribution in [0, 0.1) is 0 Å². The average Bonchev–Trinajstić information content (AvgIpc) is 2.34. The molecule has 1 aromatic carbocycles. The predicted octanol–water partition coefficient (Wildman–Crippen LogP) is 3.27. The van der Waals surface area contributed by atoms with Gasteiger partial charge in [0.05, 0.1) is 0 Å². The number of hydrogen-bond acceptors (Lipinski definition) is 3. The van der Waals surface area contributed by atoms with Crippen molar-refractivity contribution >= 4 is 27.7 Å². The van der Waals surface area contributed by atoms with E-state index in [9.17, 15) is 0 Å². The Hall–Kier alpha value is -0.0300. The summed E-state index contributed by atoms with van der Waals surface area (Å²) in [5.41, 5.74) is 7.57. The molecule has 1 aliphatic rings. The molecule has 0 aromatic heterocycles. The van der Waals surface area contributed by atoms with Gasteiger partial charge in [0.2, 0.25) is 0 Å². The molecule has 100 valence electrons. The Kier molecular flexibility index (Phi) is 5.13. The van der Waals surface area contributed by atoms with Gasteiger partial charge in [0.1, 0.15) is 0 Å². The van der Waals surface area contributed by atoms with Crippen LogP contribution in [0.25, 0.3) is 0 Å².